The van der Waals surface area contributed by atoms with Gasteiger partial charge >= 0.3 is 12.3 Å². The van der Waals surface area contributed by atoms with Gasteiger partial charge in [0.2, 0.25) is 0 Å². The predicted octanol–water partition coefficient (Wildman–Crippen LogP) is 2.71. The first-order valence-corrected chi connectivity index (χ1v) is 5.10. The Morgan fingerprint density at radius 1 is 1.50 bits per heavy atom. The van der Waals surface area contributed by atoms with E-state index in [1.807, 2.05) is 0 Å². The smallest absolute Gasteiger partial charge is 0.481 e. The van der Waals surface area contributed by atoms with Crippen molar-refractivity contribution in [3.63, 3.8) is 0 Å². The van der Waals surface area contributed by atoms with Crippen LogP contribution >= 0.6 is 11.6 Å². The van der Waals surface area contributed by atoms with Gasteiger partial charge in [-0.1, -0.05) is 17.7 Å². The zero-order chi connectivity index (χ0) is 13.9. The second-order valence-electron chi connectivity index (χ2n) is 3.40. The number of rotatable bonds is 4. The number of halogens is 4. The Balaban J connectivity index is 3.11. The largest absolute Gasteiger partial charge is 0.573 e. The maximum atomic E-state index is 12.2. The molecule has 0 fully saturated rings. The minimum absolute atomic E-state index is 0.0782. The lowest BCUT2D eigenvalue weighted by Crippen LogP contribution is -2.21. The molecule has 1 aromatic carbocycles. The molecule has 1 unspecified atom stereocenters. The second-order valence-corrected chi connectivity index (χ2v) is 3.81. The summed E-state index contributed by atoms with van der Waals surface area (Å²) >= 11 is 5.72. The predicted molar refractivity (Wildman–Crippen MR) is 57.3 cm³/mol. The normalized spacial score (nSPS) is 13.2. The van der Waals surface area contributed by atoms with Crippen LogP contribution in [0.25, 0.3) is 0 Å². The van der Waals surface area contributed by atoms with Crippen LogP contribution in [0.5, 0.6) is 5.75 Å². The van der Waals surface area contributed by atoms with E-state index in [0.29, 0.717) is 0 Å². The third-order valence-corrected chi connectivity index (χ3v) is 2.33. The number of carboxylic acid groups (broad SMARTS) is 1. The molecule has 0 aliphatic rings. The summed E-state index contributed by atoms with van der Waals surface area (Å²) in [4.78, 5) is 10.5. The summed E-state index contributed by atoms with van der Waals surface area (Å²) < 4.78 is 40.2. The van der Waals surface area contributed by atoms with Crippen LogP contribution in [0.2, 0.25) is 5.02 Å². The highest BCUT2D eigenvalue weighted by Crippen LogP contribution is 2.35. The van der Waals surface area contributed by atoms with Gasteiger partial charge in [0.1, 0.15) is 5.75 Å². The molecule has 0 radical (unpaired) electrons. The first-order valence-electron chi connectivity index (χ1n) is 4.72. The minimum Gasteiger partial charge on any atom is -0.481 e. The molecule has 1 aromatic rings. The molecule has 0 bridgehead atoms. The molecular formula is C10H9ClF3NO3. The first-order chi connectivity index (χ1) is 8.20. The van der Waals surface area contributed by atoms with Crippen molar-refractivity contribution in [2.45, 2.75) is 18.8 Å². The van der Waals surface area contributed by atoms with Crippen molar-refractivity contribution in [1.82, 2.24) is 0 Å². The monoisotopic (exact) mass is 283 g/mol. The van der Waals surface area contributed by atoms with Gasteiger partial charge < -0.3 is 15.6 Å². The number of alkyl halides is 3. The van der Waals surface area contributed by atoms with Crippen LogP contribution in [0.1, 0.15) is 18.0 Å². The highest BCUT2D eigenvalue weighted by molar-refractivity contribution is 6.31. The molecule has 0 saturated heterocycles. The van der Waals surface area contributed by atoms with Gasteiger partial charge in [-0.15, -0.1) is 13.2 Å². The zero-order valence-corrected chi connectivity index (χ0v) is 9.63. The fourth-order valence-electron chi connectivity index (χ4n) is 1.38. The third kappa shape index (κ3) is 4.08. The Kier molecular flexibility index (Phi) is 4.42. The van der Waals surface area contributed by atoms with Crippen LogP contribution < -0.4 is 10.5 Å². The van der Waals surface area contributed by atoms with Gasteiger partial charge in [-0.25, -0.2) is 0 Å². The van der Waals surface area contributed by atoms with Crippen molar-refractivity contribution in [2.75, 3.05) is 0 Å². The minimum atomic E-state index is -4.90. The van der Waals surface area contributed by atoms with Gasteiger partial charge in [0.05, 0.1) is 6.42 Å². The molecule has 0 saturated carbocycles. The molecule has 1 rings (SSSR count). The van der Waals surface area contributed by atoms with Crippen LogP contribution in [0.3, 0.4) is 0 Å². The van der Waals surface area contributed by atoms with E-state index in [-0.39, 0.29) is 10.6 Å². The maximum absolute atomic E-state index is 12.2. The van der Waals surface area contributed by atoms with Crippen molar-refractivity contribution >= 4 is 17.6 Å². The summed E-state index contributed by atoms with van der Waals surface area (Å²) in [5.41, 5.74) is 5.32. The van der Waals surface area contributed by atoms with E-state index in [4.69, 9.17) is 22.4 Å². The molecule has 18 heavy (non-hydrogen) atoms. The molecule has 100 valence electrons. The Bertz CT molecular complexity index is 450. The van der Waals surface area contributed by atoms with E-state index in [1.54, 1.807) is 0 Å². The lowest BCUT2D eigenvalue weighted by atomic mass is 10.0. The highest BCUT2D eigenvalue weighted by Gasteiger charge is 2.33. The molecule has 1 atom stereocenters. The quantitative estimate of drug-likeness (QED) is 0.891. The summed E-state index contributed by atoms with van der Waals surface area (Å²) in [6.45, 7) is 0. The Hall–Kier alpha value is -1.47. The standard InChI is InChI=1S/C10H9ClF3NO3/c11-5-2-1-3-7(18-10(12,13)14)9(5)6(15)4-8(16)17/h1-3,6H,4,15H2,(H,16,17). The van der Waals surface area contributed by atoms with Crippen molar-refractivity contribution in [3.8, 4) is 5.75 Å². The molecule has 8 heteroatoms. The summed E-state index contributed by atoms with van der Waals surface area (Å²) in [5.74, 6) is -1.84. The van der Waals surface area contributed by atoms with Gasteiger partial charge in [0.25, 0.3) is 0 Å². The van der Waals surface area contributed by atoms with Crippen LogP contribution in [0.4, 0.5) is 13.2 Å². The van der Waals surface area contributed by atoms with Gasteiger partial charge in [0, 0.05) is 16.6 Å². The second kappa shape index (κ2) is 5.45. The van der Waals surface area contributed by atoms with Crippen molar-refractivity contribution < 1.29 is 27.8 Å². The Morgan fingerprint density at radius 2 is 2.11 bits per heavy atom. The maximum Gasteiger partial charge on any atom is 0.573 e. The summed E-state index contributed by atoms with van der Waals surface area (Å²) in [7, 11) is 0. The van der Waals surface area contributed by atoms with E-state index < -0.39 is 30.5 Å². The number of carboxylic acids is 1. The third-order valence-electron chi connectivity index (χ3n) is 2.00. The molecule has 3 N–H and O–H groups in total. The van der Waals surface area contributed by atoms with E-state index in [2.05, 4.69) is 4.74 Å². The van der Waals surface area contributed by atoms with Crippen LogP contribution in [0, 0.1) is 0 Å². The van der Waals surface area contributed by atoms with E-state index in [1.165, 1.54) is 12.1 Å². The fraction of sp³-hybridized carbons (Fsp3) is 0.300. The molecular weight excluding hydrogens is 275 g/mol. The van der Waals surface area contributed by atoms with Crippen LogP contribution in [0.15, 0.2) is 18.2 Å². The number of hydrogen-bond acceptors (Lipinski definition) is 3. The first kappa shape index (κ1) is 14.6. The average molecular weight is 284 g/mol. The summed E-state index contributed by atoms with van der Waals surface area (Å²) in [6, 6.07) is 2.40. The number of carbonyl (C=O) groups is 1. The molecule has 0 spiro atoms. The number of ether oxygens (including phenoxy) is 1. The van der Waals surface area contributed by atoms with Crippen molar-refractivity contribution in [3.05, 3.63) is 28.8 Å². The molecule has 4 nitrogen and oxygen atoms in total. The molecule has 0 aromatic heterocycles. The topological polar surface area (TPSA) is 72.6 Å². The molecule has 0 amide bonds. The van der Waals surface area contributed by atoms with Gasteiger partial charge in [-0.3, -0.25) is 4.79 Å². The lowest BCUT2D eigenvalue weighted by molar-refractivity contribution is -0.274. The number of benzene rings is 1. The SMILES string of the molecule is NC(CC(=O)O)c1c(Cl)cccc1OC(F)(F)F. The molecule has 0 aliphatic heterocycles. The van der Waals surface area contributed by atoms with E-state index >= 15 is 0 Å². The van der Waals surface area contributed by atoms with E-state index in [0.717, 1.165) is 6.07 Å². The Labute approximate surface area is 105 Å². The summed E-state index contributed by atoms with van der Waals surface area (Å²) in [6.07, 6.45) is -5.46. The van der Waals surface area contributed by atoms with Crippen LogP contribution in [-0.2, 0) is 4.79 Å². The number of nitrogens with two attached hydrogens (primary N) is 1. The number of aliphatic carboxylic acids is 1. The van der Waals surface area contributed by atoms with Gasteiger partial charge in [0.15, 0.2) is 0 Å². The zero-order valence-electron chi connectivity index (χ0n) is 8.87. The fourth-order valence-corrected chi connectivity index (χ4v) is 1.69. The summed E-state index contributed by atoms with van der Waals surface area (Å²) in [5, 5.41) is 8.50. The van der Waals surface area contributed by atoms with Gasteiger partial charge in [-0.2, -0.15) is 0 Å². The number of hydrogen-bond donors (Lipinski definition) is 2. The molecule has 0 aliphatic carbocycles. The van der Waals surface area contributed by atoms with Crippen molar-refractivity contribution in [1.29, 1.82) is 0 Å². The van der Waals surface area contributed by atoms with Crippen LogP contribution in [-0.4, -0.2) is 17.4 Å². The van der Waals surface area contributed by atoms with Gasteiger partial charge in [-0.05, 0) is 12.1 Å². The Morgan fingerprint density at radius 3 is 2.61 bits per heavy atom. The lowest BCUT2D eigenvalue weighted by Gasteiger charge is -2.18. The van der Waals surface area contributed by atoms with E-state index in [9.17, 15) is 18.0 Å². The van der Waals surface area contributed by atoms with Crippen molar-refractivity contribution in [2.24, 2.45) is 5.73 Å². The highest BCUT2D eigenvalue weighted by atomic mass is 35.5. The average Bonchev–Trinajstić information content (AvgIpc) is 2.13. The molecule has 0 heterocycles.